The van der Waals surface area contributed by atoms with Crippen molar-refractivity contribution in [2.75, 3.05) is 25.2 Å². The molecular weight excluding hydrogens is 578 g/mol. The number of thiazole rings is 2. The number of aliphatic hydroxyl groups excluding tert-OH is 1. The molecule has 0 saturated carbocycles. The number of aliphatic hydroxyl groups is 1. The zero-order chi connectivity index (χ0) is 30.6. The molecule has 1 amide bonds. The van der Waals surface area contributed by atoms with Crippen molar-refractivity contribution in [3.63, 3.8) is 0 Å². The van der Waals surface area contributed by atoms with Crippen LogP contribution in [0.3, 0.4) is 0 Å². The lowest BCUT2D eigenvalue weighted by Gasteiger charge is -2.25. The summed E-state index contributed by atoms with van der Waals surface area (Å²) in [5.41, 5.74) is 1.21. The van der Waals surface area contributed by atoms with E-state index in [-0.39, 0.29) is 22.2 Å². The molecule has 42 heavy (non-hydrogen) atoms. The summed E-state index contributed by atoms with van der Waals surface area (Å²) in [6, 6.07) is 4.04. The fraction of sp³-hybridized carbons (Fsp3) is 0.367. The molecule has 1 atom stereocenters. The molecule has 1 aliphatic heterocycles. The molecule has 4 rings (SSSR count). The highest BCUT2D eigenvalue weighted by atomic mass is 32.1. The number of esters is 1. The number of unbranched alkanes of at least 4 members (excludes halogenated alkanes) is 2. The van der Waals surface area contributed by atoms with Gasteiger partial charge in [-0.15, -0.1) is 11.3 Å². The normalized spacial score (nSPS) is 14.8. The number of amides is 1. The Bertz CT molecular complexity index is 1560. The number of methoxy groups -OCH3 is 1. The lowest BCUT2D eigenvalue weighted by molar-refractivity contribution is -0.117. The number of rotatable bonds is 13. The smallest absolute Gasteiger partial charge is 0.350 e. The maximum Gasteiger partial charge on any atom is 0.350 e. The van der Waals surface area contributed by atoms with Crippen molar-refractivity contribution < 1.29 is 33.7 Å². The van der Waals surface area contributed by atoms with Gasteiger partial charge in [0.1, 0.15) is 11.5 Å². The Morgan fingerprint density at radius 3 is 2.48 bits per heavy atom. The van der Waals surface area contributed by atoms with E-state index < -0.39 is 29.5 Å². The third kappa shape index (κ3) is 6.09. The minimum atomic E-state index is -1.07. The van der Waals surface area contributed by atoms with E-state index in [1.54, 1.807) is 39.0 Å². The highest BCUT2D eigenvalue weighted by molar-refractivity contribution is 7.17. The van der Waals surface area contributed by atoms with Crippen LogP contribution in [0.1, 0.15) is 73.5 Å². The first-order valence-corrected chi connectivity index (χ1v) is 15.1. The van der Waals surface area contributed by atoms with Crippen molar-refractivity contribution in [3.05, 3.63) is 73.9 Å². The third-order valence-electron chi connectivity index (χ3n) is 6.58. The van der Waals surface area contributed by atoms with Crippen molar-refractivity contribution in [2.24, 2.45) is 0 Å². The van der Waals surface area contributed by atoms with Gasteiger partial charge in [0.2, 0.25) is 5.78 Å². The van der Waals surface area contributed by atoms with Gasteiger partial charge in [0.15, 0.2) is 22.4 Å². The van der Waals surface area contributed by atoms with Crippen molar-refractivity contribution in [1.82, 2.24) is 9.97 Å². The van der Waals surface area contributed by atoms with Crippen molar-refractivity contribution >= 4 is 45.5 Å². The van der Waals surface area contributed by atoms with Gasteiger partial charge in [-0.3, -0.25) is 14.5 Å². The second kappa shape index (κ2) is 13.3. The molecule has 10 nitrogen and oxygen atoms in total. The molecule has 0 fully saturated rings. The van der Waals surface area contributed by atoms with Crippen LogP contribution in [0.2, 0.25) is 0 Å². The average Bonchev–Trinajstić information content (AvgIpc) is 3.61. The number of Topliss-reactive ketones (excluding diaryl/α,β-unsaturated/α-hetero) is 1. The van der Waals surface area contributed by atoms with Crippen LogP contribution >= 0.6 is 22.7 Å². The first kappa shape index (κ1) is 30.9. The number of hydrogen-bond donors (Lipinski definition) is 1. The van der Waals surface area contributed by atoms with E-state index >= 15 is 0 Å². The van der Waals surface area contributed by atoms with Crippen LogP contribution < -0.4 is 14.4 Å². The Labute approximate surface area is 252 Å². The molecule has 2 aromatic heterocycles. The summed E-state index contributed by atoms with van der Waals surface area (Å²) in [7, 11) is 1.50. The number of anilines is 1. The van der Waals surface area contributed by atoms with E-state index in [1.165, 1.54) is 29.4 Å². The standard InChI is InChI=1S/C30H33N3O7S2/c1-7-9-10-14-39-20-12-11-19(15-21(20)38-6)23-22(24(34)26-16(3)31-18(5)41-26)25(35)28(36)33(23)30-32-17(4)27(42-30)29(37)40-13-8-2/h8,11-12,15,23,35H,2,7,9-10,13-14H2,1,3-6H3. The predicted octanol–water partition coefficient (Wildman–Crippen LogP) is 6.23. The molecule has 3 heterocycles. The van der Waals surface area contributed by atoms with Crippen LogP contribution in [0.5, 0.6) is 11.5 Å². The number of aryl methyl sites for hydroxylation is 3. The van der Waals surface area contributed by atoms with E-state index in [0.29, 0.717) is 44.9 Å². The van der Waals surface area contributed by atoms with Gasteiger partial charge in [-0.2, -0.15) is 0 Å². The summed E-state index contributed by atoms with van der Waals surface area (Å²) in [5, 5.41) is 12.0. The fourth-order valence-electron chi connectivity index (χ4n) is 4.60. The van der Waals surface area contributed by atoms with Gasteiger partial charge in [0, 0.05) is 0 Å². The van der Waals surface area contributed by atoms with E-state index in [9.17, 15) is 19.5 Å². The molecule has 3 aromatic rings. The number of hydrogen-bond acceptors (Lipinski definition) is 11. The third-order valence-corrected chi connectivity index (χ3v) is 8.79. The zero-order valence-electron chi connectivity index (χ0n) is 24.2. The lowest BCUT2D eigenvalue weighted by Crippen LogP contribution is -2.31. The van der Waals surface area contributed by atoms with E-state index in [0.717, 1.165) is 30.6 Å². The Balaban J connectivity index is 1.82. The quantitative estimate of drug-likeness (QED) is 0.104. The van der Waals surface area contributed by atoms with Crippen molar-refractivity contribution in [2.45, 2.75) is 53.0 Å². The van der Waals surface area contributed by atoms with Crippen LogP contribution in [0, 0.1) is 20.8 Å². The monoisotopic (exact) mass is 611 g/mol. The molecule has 1 unspecified atom stereocenters. The summed E-state index contributed by atoms with van der Waals surface area (Å²) < 4.78 is 16.7. The maximum absolute atomic E-state index is 13.9. The molecule has 0 saturated heterocycles. The number of benzene rings is 1. The number of ketones is 1. The molecule has 0 radical (unpaired) electrons. The number of ether oxygens (including phenoxy) is 3. The molecule has 1 aromatic carbocycles. The summed E-state index contributed by atoms with van der Waals surface area (Å²) in [6.45, 7) is 11.3. The van der Waals surface area contributed by atoms with Gasteiger partial charge < -0.3 is 19.3 Å². The van der Waals surface area contributed by atoms with Gasteiger partial charge in [0.05, 0.1) is 46.6 Å². The predicted molar refractivity (Wildman–Crippen MR) is 161 cm³/mol. The largest absolute Gasteiger partial charge is 0.503 e. The van der Waals surface area contributed by atoms with Gasteiger partial charge in [-0.1, -0.05) is 49.8 Å². The maximum atomic E-state index is 13.9. The Morgan fingerprint density at radius 1 is 1.10 bits per heavy atom. The molecule has 0 bridgehead atoms. The van der Waals surface area contributed by atoms with E-state index in [2.05, 4.69) is 23.5 Å². The van der Waals surface area contributed by atoms with E-state index in [4.69, 9.17) is 14.2 Å². The zero-order valence-corrected chi connectivity index (χ0v) is 25.8. The molecule has 12 heteroatoms. The first-order valence-electron chi connectivity index (χ1n) is 13.4. The van der Waals surface area contributed by atoms with Crippen LogP contribution in [0.4, 0.5) is 5.13 Å². The highest BCUT2D eigenvalue weighted by Gasteiger charge is 2.47. The summed E-state index contributed by atoms with van der Waals surface area (Å²) in [4.78, 5) is 50.8. The van der Waals surface area contributed by atoms with Crippen LogP contribution in [0.25, 0.3) is 0 Å². The lowest BCUT2D eigenvalue weighted by atomic mass is 9.95. The van der Waals surface area contributed by atoms with Crippen LogP contribution in [0.15, 0.2) is 42.2 Å². The SMILES string of the molecule is C=CCOC(=O)c1sc(N2C(=O)C(O)=C(C(=O)c3sc(C)nc3C)C2c2ccc(OCCCCC)c(OC)c2)nc1C. The number of aromatic nitrogens is 2. The van der Waals surface area contributed by atoms with Crippen molar-refractivity contribution in [1.29, 1.82) is 0 Å². The first-order chi connectivity index (χ1) is 20.1. The van der Waals surface area contributed by atoms with Gasteiger partial charge in [0.25, 0.3) is 5.91 Å². The van der Waals surface area contributed by atoms with Crippen molar-refractivity contribution in [3.8, 4) is 11.5 Å². The molecule has 1 N–H and O–H groups in total. The molecular formula is C30H33N3O7S2. The Kier molecular flexibility index (Phi) is 9.79. The van der Waals surface area contributed by atoms with E-state index in [1.807, 2.05) is 0 Å². The van der Waals surface area contributed by atoms with Gasteiger partial charge in [-0.05, 0) is 44.9 Å². The fourth-order valence-corrected chi connectivity index (χ4v) is 6.46. The molecule has 1 aliphatic rings. The minimum absolute atomic E-state index is 0.0120. The number of carbonyl (C=O) groups is 3. The Hall–Kier alpha value is -4.03. The second-order valence-electron chi connectivity index (χ2n) is 9.58. The second-order valence-corrected chi connectivity index (χ2v) is 11.8. The van der Waals surface area contributed by atoms with Gasteiger partial charge >= 0.3 is 5.97 Å². The molecule has 0 spiro atoms. The minimum Gasteiger partial charge on any atom is -0.503 e. The summed E-state index contributed by atoms with van der Waals surface area (Å²) in [5.74, 6) is -1.73. The number of nitrogens with zero attached hydrogens (tertiary/aromatic N) is 3. The summed E-state index contributed by atoms with van der Waals surface area (Å²) >= 11 is 2.12. The van der Waals surface area contributed by atoms with Crippen LogP contribution in [-0.2, 0) is 9.53 Å². The average molecular weight is 612 g/mol. The highest BCUT2D eigenvalue weighted by Crippen LogP contribution is 2.46. The summed E-state index contributed by atoms with van der Waals surface area (Å²) in [6.07, 6.45) is 4.42. The van der Waals surface area contributed by atoms with Crippen LogP contribution in [-0.4, -0.2) is 53.1 Å². The number of carbonyl (C=O) groups excluding carboxylic acids is 3. The van der Waals surface area contributed by atoms with Gasteiger partial charge in [-0.25, -0.2) is 14.8 Å². The topological polar surface area (TPSA) is 128 Å². The molecule has 222 valence electrons. The molecule has 0 aliphatic carbocycles. The Morgan fingerprint density at radius 2 is 1.83 bits per heavy atom.